The van der Waals surface area contributed by atoms with Crippen LogP contribution in [-0.4, -0.2) is 15.2 Å². The normalized spacial score (nSPS) is 10.5. The Morgan fingerprint density at radius 3 is 2.25 bits per heavy atom. The van der Waals surface area contributed by atoms with Gasteiger partial charge in [0.05, 0.1) is 12.7 Å². The molecular formula is C23H21N5. The fourth-order valence-corrected chi connectivity index (χ4v) is 2.97. The molecule has 1 aromatic heterocycles. The molecule has 0 fully saturated rings. The molecule has 0 unspecified atom stereocenters. The van der Waals surface area contributed by atoms with E-state index in [0.717, 1.165) is 16.9 Å². The summed E-state index contributed by atoms with van der Waals surface area (Å²) in [6, 6.07) is 28.5. The van der Waals surface area contributed by atoms with Gasteiger partial charge in [0.15, 0.2) is 5.82 Å². The van der Waals surface area contributed by atoms with Gasteiger partial charge in [-0.25, -0.2) is 0 Å². The van der Waals surface area contributed by atoms with E-state index in [4.69, 9.17) is 4.98 Å². The van der Waals surface area contributed by atoms with Crippen LogP contribution in [0.5, 0.6) is 0 Å². The van der Waals surface area contributed by atoms with E-state index in [2.05, 4.69) is 45.5 Å². The van der Waals surface area contributed by atoms with Gasteiger partial charge < -0.3 is 10.2 Å². The third-order valence-electron chi connectivity index (χ3n) is 4.45. The summed E-state index contributed by atoms with van der Waals surface area (Å²) in [5.74, 6) is 1.21. The Bertz CT molecular complexity index is 1030. The molecule has 0 aliphatic rings. The zero-order chi connectivity index (χ0) is 19.2. The van der Waals surface area contributed by atoms with Crippen LogP contribution >= 0.6 is 0 Å². The lowest BCUT2D eigenvalue weighted by Gasteiger charge is -2.23. The monoisotopic (exact) mass is 367 g/mol. The van der Waals surface area contributed by atoms with Crippen LogP contribution in [0.3, 0.4) is 0 Å². The minimum atomic E-state index is 0.550. The third-order valence-corrected chi connectivity index (χ3v) is 4.45. The number of anilines is 4. The Labute approximate surface area is 164 Å². The molecular weight excluding hydrogens is 346 g/mol. The highest BCUT2D eigenvalue weighted by Crippen LogP contribution is 2.26. The quantitative estimate of drug-likeness (QED) is 0.504. The van der Waals surface area contributed by atoms with Crippen LogP contribution in [0.2, 0.25) is 0 Å². The predicted molar refractivity (Wildman–Crippen MR) is 113 cm³/mol. The summed E-state index contributed by atoms with van der Waals surface area (Å²) in [6.45, 7) is 2.71. The maximum absolute atomic E-state index is 4.72. The molecule has 28 heavy (non-hydrogen) atoms. The van der Waals surface area contributed by atoms with Gasteiger partial charge in [0.2, 0.25) is 0 Å². The van der Waals surface area contributed by atoms with Gasteiger partial charge in [-0.1, -0.05) is 66.7 Å². The molecule has 5 nitrogen and oxygen atoms in total. The second kappa shape index (κ2) is 8.31. The van der Waals surface area contributed by atoms with Crippen molar-refractivity contribution >= 4 is 23.1 Å². The standard InChI is InChI=1S/C23H21N5/c1-18-10-8-9-15-21(18)25-22-16-24-27-23(26-22)28(20-13-6-3-7-14-20)17-19-11-4-2-5-12-19/h2-16H,17H2,1H3,(H,25,26,27). The van der Waals surface area contributed by atoms with Gasteiger partial charge in [-0.2, -0.15) is 10.1 Å². The molecule has 0 aliphatic heterocycles. The molecule has 0 radical (unpaired) electrons. The number of para-hydroxylation sites is 2. The van der Waals surface area contributed by atoms with E-state index in [9.17, 15) is 0 Å². The second-order valence-electron chi connectivity index (χ2n) is 6.49. The number of benzene rings is 3. The van der Waals surface area contributed by atoms with Gasteiger partial charge in [0.25, 0.3) is 5.95 Å². The minimum Gasteiger partial charge on any atom is -0.339 e. The number of aromatic nitrogens is 3. The topological polar surface area (TPSA) is 53.9 Å². The third kappa shape index (κ3) is 4.15. The summed E-state index contributed by atoms with van der Waals surface area (Å²) in [5, 5.41) is 11.8. The molecule has 1 heterocycles. The van der Waals surface area contributed by atoms with Crippen LogP contribution in [0.25, 0.3) is 0 Å². The van der Waals surface area contributed by atoms with E-state index in [1.807, 2.05) is 66.7 Å². The molecule has 0 saturated heterocycles. The van der Waals surface area contributed by atoms with E-state index in [1.165, 1.54) is 5.56 Å². The fraction of sp³-hybridized carbons (Fsp3) is 0.0870. The average molecular weight is 367 g/mol. The van der Waals surface area contributed by atoms with Crippen LogP contribution in [0, 0.1) is 6.92 Å². The van der Waals surface area contributed by atoms with Gasteiger partial charge in [-0.05, 0) is 36.2 Å². The maximum Gasteiger partial charge on any atom is 0.252 e. The summed E-state index contributed by atoms with van der Waals surface area (Å²) in [4.78, 5) is 6.78. The highest BCUT2D eigenvalue weighted by Gasteiger charge is 2.14. The van der Waals surface area contributed by atoms with Gasteiger partial charge in [0, 0.05) is 11.4 Å². The first kappa shape index (κ1) is 17.7. The predicted octanol–water partition coefficient (Wildman–Crippen LogP) is 5.26. The Morgan fingerprint density at radius 1 is 0.821 bits per heavy atom. The first-order valence-electron chi connectivity index (χ1n) is 9.18. The maximum atomic E-state index is 4.72. The lowest BCUT2D eigenvalue weighted by atomic mass is 10.2. The first-order chi connectivity index (χ1) is 13.8. The Hall–Kier alpha value is -3.73. The average Bonchev–Trinajstić information content (AvgIpc) is 2.75. The van der Waals surface area contributed by atoms with E-state index in [1.54, 1.807) is 6.20 Å². The number of nitrogens with one attached hydrogen (secondary N) is 1. The summed E-state index contributed by atoms with van der Waals surface area (Å²) >= 11 is 0. The van der Waals surface area contributed by atoms with Crippen molar-refractivity contribution in [3.8, 4) is 0 Å². The van der Waals surface area contributed by atoms with Crippen molar-refractivity contribution in [1.29, 1.82) is 0 Å². The van der Waals surface area contributed by atoms with Gasteiger partial charge >= 0.3 is 0 Å². The molecule has 0 aliphatic carbocycles. The van der Waals surface area contributed by atoms with Crippen molar-refractivity contribution in [2.45, 2.75) is 13.5 Å². The van der Waals surface area contributed by atoms with Crippen molar-refractivity contribution in [2.75, 3.05) is 10.2 Å². The smallest absolute Gasteiger partial charge is 0.252 e. The molecule has 1 N–H and O–H groups in total. The highest BCUT2D eigenvalue weighted by molar-refractivity contribution is 5.62. The molecule has 3 aromatic carbocycles. The molecule has 4 rings (SSSR count). The van der Waals surface area contributed by atoms with Crippen molar-refractivity contribution in [3.63, 3.8) is 0 Å². The van der Waals surface area contributed by atoms with E-state index >= 15 is 0 Å². The Morgan fingerprint density at radius 2 is 1.50 bits per heavy atom. The van der Waals surface area contributed by atoms with Crippen molar-refractivity contribution < 1.29 is 0 Å². The highest BCUT2D eigenvalue weighted by atomic mass is 15.3. The SMILES string of the molecule is Cc1ccccc1Nc1cnnc(N(Cc2ccccc2)c2ccccc2)n1. The number of nitrogens with zero attached hydrogens (tertiary/aromatic N) is 4. The minimum absolute atomic E-state index is 0.550. The fourth-order valence-electron chi connectivity index (χ4n) is 2.97. The molecule has 0 atom stereocenters. The zero-order valence-corrected chi connectivity index (χ0v) is 15.7. The van der Waals surface area contributed by atoms with E-state index in [-0.39, 0.29) is 0 Å². The van der Waals surface area contributed by atoms with Crippen molar-refractivity contribution in [3.05, 3.63) is 102 Å². The summed E-state index contributed by atoms with van der Waals surface area (Å²) in [5.41, 5.74) is 4.34. The number of hydrogen-bond donors (Lipinski definition) is 1. The van der Waals surface area contributed by atoms with Gasteiger partial charge in [0.1, 0.15) is 0 Å². The summed E-state index contributed by atoms with van der Waals surface area (Å²) < 4.78 is 0. The van der Waals surface area contributed by atoms with Crippen LogP contribution in [-0.2, 0) is 6.54 Å². The van der Waals surface area contributed by atoms with Crippen molar-refractivity contribution in [2.24, 2.45) is 0 Å². The van der Waals surface area contributed by atoms with Crippen LogP contribution < -0.4 is 10.2 Å². The Balaban J connectivity index is 1.67. The lowest BCUT2D eigenvalue weighted by molar-refractivity contribution is 0.865. The molecule has 5 heteroatoms. The largest absolute Gasteiger partial charge is 0.339 e. The number of aryl methyl sites for hydroxylation is 1. The molecule has 138 valence electrons. The number of hydrogen-bond acceptors (Lipinski definition) is 5. The second-order valence-corrected chi connectivity index (χ2v) is 6.49. The summed E-state index contributed by atoms with van der Waals surface area (Å²) in [7, 11) is 0. The molecule has 0 saturated carbocycles. The first-order valence-corrected chi connectivity index (χ1v) is 9.18. The molecule has 0 bridgehead atoms. The van der Waals surface area contributed by atoms with Gasteiger partial charge in [-0.15, -0.1) is 5.10 Å². The van der Waals surface area contributed by atoms with Gasteiger partial charge in [-0.3, -0.25) is 0 Å². The van der Waals surface area contributed by atoms with Crippen molar-refractivity contribution in [1.82, 2.24) is 15.2 Å². The molecule has 0 amide bonds. The van der Waals surface area contributed by atoms with Crippen LogP contribution in [0.4, 0.5) is 23.1 Å². The van der Waals surface area contributed by atoms with Crippen LogP contribution in [0.15, 0.2) is 91.1 Å². The van der Waals surface area contributed by atoms with E-state index < -0.39 is 0 Å². The van der Waals surface area contributed by atoms with E-state index in [0.29, 0.717) is 18.3 Å². The van der Waals surface area contributed by atoms with Crippen LogP contribution in [0.1, 0.15) is 11.1 Å². The molecule has 4 aromatic rings. The Kier molecular flexibility index (Phi) is 5.24. The zero-order valence-electron chi connectivity index (χ0n) is 15.7. The number of rotatable bonds is 6. The lowest BCUT2D eigenvalue weighted by Crippen LogP contribution is -2.20. The summed E-state index contributed by atoms with van der Waals surface area (Å²) in [6.07, 6.45) is 1.64. The molecule has 0 spiro atoms.